The molecule has 0 spiro atoms. The van der Waals surface area contributed by atoms with Crippen molar-refractivity contribution >= 4 is 5.91 Å². The number of nitrogens with zero attached hydrogens (tertiary/aromatic N) is 2. The minimum absolute atomic E-state index is 0.162. The van der Waals surface area contributed by atoms with Crippen LogP contribution in [0.5, 0.6) is 0 Å². The van der Waals surface area contributed by atoms with Crippen molar-refractivity contribution in [2.24, 2.45) is 11.7 Å². The summed E-state index contributed by atoms with van der Waals surface area (Å²) in [6, 6.07) is 14.2. The van der Waals surface area contributed by atoms with Crippen molar-refractivity contribution < 1.29 is 4.79 Å². The molecule has 120 valence electrons. The van der Waals surface area contributed by atoms with Crippen molar-refractivity contribution in [1.82, 2.24) is 9.88 Å². The molecule has 3 rings (SSSR count). The smallest absolute Gasteiger partial charge is 0.229 e. The molecule has 4 heteroatoms. The first-order valence-corrected chi connectivity index (χ1v) is 8.14. The van der Waals surface area contributed by atoms with E-state index in [1.807, 2.05) is 42.2 Å². The zero-order valence-electron chi connectivity index (χ0n) is 13.4. The Kier molecular flexibility index (Phi) is 4.72. The molecule has 2 heterocycles. The summed E-state index contributed by atoms with van der Waals surface area (Å²) in [6.45, 7) is 4.03. The first-order valence-electron chi connectivity index (χ1n) is 8.14. The minimum atomic E-state index is -0.170. The molecule has 4 nitrogen and oxygen atoms in total. The van der Waals surface area contributed by atoms with E-state index in [9.17, 15) is 4.79 Å². The van der Waals surface area contributed by atoms with Crippen LogP contribution in [0.3, 0.4) is 0 Å². The van der Waals surface area contributed by atoms with Crippen molar-refractivity contribution in [3.63, 3.8) is 0 Å². The fourth-order valence-corrected chi connectivity index (χ4v) is 3.42. The Morgan fingerprint density at radius 1 is 1.26 bits per heavy atom. The van der Waals surface area contributed by atoms with E-state index in [1.54, 1.807) is 12.4 Å². The van der Waals surface area contributed by atoms with E-state index in [0.717, 1.165) is 18.7 Å². The number of rotatable bonds is 4. The number of likely N-dealkylation sites (tertiary alicyclic amines) is 1. The number of hydrogen-bond acceptors (Lipinski definition) is 3. The molecule has 1 aliphatic heterocycles. The van der Waals surface area contributed by atoms with Gasteiger partial charge in [0.1, 0.15) is 0 Å². The summed E-state index contributed by atoms with van der Waals surface area (Å²) >= 11 is 0. The molecule has 1 unspecified atom stereocenters. The van der Waals surface area contributed by atoms with Crippen LogP contribution in [0.4, 0.5) is 0 Å². The molecule has 0 bridgehead atoms. The molecule has 1 fully saturated rings. The predicted molar refractivity (Wildman–Crippen MR) is 91.0 cm³/mol. The topological polar surface area (TPSA) is 59.2 Å². The summed E-state index contributed by atoms with van der Waals surface area (Å²) < 4.78 is 0. The van der Waals surface area contributed by atoms with Crippen LogP contribution in [0.2, 0.25) is 0 Å². The first-order chi connectivity index (χ1) is 11.2. The van der Waals surface area contributed by atoms with E-state index < -0.39 is 0 Å². The lowest BCUT2D eigenvalue weighted by atomic mass is 9.89. The molecule has 3 atom stereocenters. The van der Waals surface area contributed by atoms with E-state index in [-0.39, 0.29) is 11.8 Å². The van der Waals surface area contributed by atoms with E-state index >= 15 is 0 Å². The lowest BCUT2D eigenvalue weighted by molar-refractivity contribution is -0.131. The highest BCUT2D eigenvalue weighted by Gasteiger charge is 2.36. The summed E-state index contributed by atoms with van der Waals surface area (Å²) in [5.74, 6) is 0.639. The van der Waals surface area contributed by atoms with E-state index in [0.29, 0.717) is 18.4 Å². The molecule has 0 aliphatic carbocycles. The van der Waals surface area contributed by atoms with Gasteiger partial charge in [0.05, 0.1) is 5.92 Å². The molecule has 1 saturated heterocycles. The Balaban J connectivity index is 1.75. The number of hydrogen-bond donors (Lipinski definition) is 1. The molecule has 1 aromatic heterocycles. The van der Waals surface area contributed by atoms with Gasteiger partial charge in [0.2, 0.25) is 5.91 Å². The van der Waals surface area contributed by atoms with E-state index in [2.05, 4.69) is 17.1 Å². The summed E-state index contributed by atoms with van der Waals surface area (Å²) in [7, 11) is 0. The van der Waals surface area contributed by atoms with Gasteiger partial charge < -0.3 is 10.6 Å². The van der Waals surface area contributed by atoms with Gasteiger partial charge in [0.15, 0.2) is 0 Å². The van der Waals surface area contributed by atoms with Gasteiger partial charge in [0.25, 0.3) is 0 Å². The van der Waals surface area contributed by atoms with Crippen LogP contribution in [0.15, 0.2) is 54.9 Å². The monoisotopic (exact) mass is 309 g/mol. The maximum absolute atomic E-state index is 12.8. The Morgan fingerprint density at radius 2 is 2.04 bits per heavy atom. The summed E-state index contributed by atoms with van der Waals surface area (Å²) in [5, 5.41) is 0. The lowest BCUT2D eigenvalue weighted by Crippen LogP contribution is -2.33. The quantitative estimate of drug-likeness (QED) is 0.943. The van der Waals surface area contributed by atoms with Crippen LogP contribution in [0.25, 0.3) is 0 Å². The number of amides is 1. The van der Waals surface area contributed by atoms with Gasteiger partial charge in [0, 0.05) is 31.4 Å². The van der Waals surface area contributed by atoms with Crippen molar-refractivity contribution in [3.8, 4) is 0 Å². The van der Waals surface area contributed by atoms with Crippen LogP contribution < -0.4 is 5.73 Å². The Hall–Kier alpha value is -2.20. The highest BCUT2D eigenvalue weighted by molar-refractivity contribution is 5.83. The second-order valence-electron chi connectivity index (χ2n) is 6.26. The molecule has 1 aliphatic rings. The molecule has 0 saturated carbocycles. The molecule has 1 amide bonds. The zero-order chi connectivity index (χ0) is 16.2. The molecule has 2 N–H and O–H groups in total. The highest BCUT2D eigenvalue weighted by atomic mass is 16.2. The standard InChI is InChI=1S/C19H23N3O/c1-14(16-8-5-9-21-11-16)19(23)22-12-17(10-20)18(13-22)15-6-3-2-4-7-15/h2-9,11,14,17-18H,10,12-13,20H2,1H3/t14?,17-,18+/m1/s1. The van der Waals surface area contributed by atoms with E-state index in [4.69, 9.17) is 5.73 Å². The number of carbonyl (C=O) groups excluding carboxylic acids is 1. The zero-order valence-corrected chi connectivity index (χ0v) is 13.4. The second-order valence-corrected chi connectivity index (χ2v) is 6.26. The third kappa shape index (κ3) is 3.27. The molecular formula is C19H23N3O. The van der Waals surface area contributed by atoms with Crippen molar-refractivity contribution in [2.75, 3.05) is 19.6 Å². The van der Waals surface area contributed by atoms with Crippen molar-refractivity contribution in [3.05, 3.63) is 66.0 Å². The normalized spacial score (nSPS) is 22.1. The van der Waals surface area contributed by atoms with Gasteiger partial charge in [-0.15, -0.1) is 0 Å². The van der Waals surface area contributed by atoms with Gasteiger partial charge in [-0.1, -0.05) is 36.4 Å². The van der Waals surface area contributed by atoms with Crippen LogP contribution in [0.1, 0.15) is 29.9 Å². The maximum atomic E-state index is 12.8. The molecular weight excluding hydrogens is 286 g/mol. The summed E-state index contributed by atoms with van der Waals surface area (Å²) in [4.78, 5) is 18.9. The van der Waals surface area contributed by atoms with Crippen LogP contribution in [-0.2, 0) is 4.79 Å². The maximum Gasteiger partial charge on any atom is 0.229 e. The Bertz CT molecular complexity index is 644. The van der Waals surface area contributed by atoms with Crippen LogP contribution >= 0.6 is 0 Å². The number of carbonyl (C=O) groups is 1. The SMILES string of the molecule is CC(C(=O)N1C[C@@H](CN)[C@H](c2ccccc2)C1)c1cccnc1. The van der Waals surface area contributed by atoms with Gasteiger partial charge in [-0.2, -0.15) is 0 Å². The third-order valence-corrected chi connectivity index (χ3v) is 4.84. The van der Waals surface area contributed by atoms with Crippen LogP contribution in [0, 0.1) is 5.92 Å². The van der Waals surface area contributed by atoms with E-state index in [1.165, 1.54) is 5.56 Å². The fraction of sp³-hybridized carbons (Fsp3) is 0.368. The lowest BCUT2D eigenvalue weighted by Gasteiger charge is -2.21. The Morgan fingerprint density at radius 3 is 2.70 bits per heavy atom. The van der Waals surface area contributed by atoms with Gasteiger partial charge in [-0.05, 0) is 36.6 Å². The summed E-state index contributed by atoms with van der Waals surface area (Å²) in [5.41, 5.74) is 8.20. The minimum Gasteiger partial charge on any atom is -0.341 e. The number of pyridine rings is 1. The number of nitrogens with two attached hydrogens (primary N) is 1. The highest BCUT2D eigenvalue weighted by Crippen LogP contribution is 2.33. The van der Waals surface area contributed by atoms with Gasteiger partial charge >= 0.3 is 0 Å². The average molecular weight is 309 g/mol. The van der Waals surface area contributed by atoms with Gasteiger partial charge in [-0.3, -0.25) is 9.78 Å². The summed E-state index contributed by atoms with van der Waals surface area (Å²) in [6.07, 6.45) is 3.50. The van der Waals surface area contributed by atoms with Crippen molar-refractivity contribution in [2.45, 2.75) is 18.8 Å². The second kappa shape index (κ2) is 6.92. The molecule has 1 aromatic carbocycles. The molecule has 0 radical (unpaired) electrons. The molecule has 23 heavy (non-hydrogen) atoms. The Labute approximate surface area is 137 Å². The predicted octanol–water partition coefficient (Wildman–Crippen LogP) is 2.39. The number of aromatic nitrogens is 1. The average Bonchev–Trinajstić information content (AvgIpc) is 3.06. The molecule has 2 aromatic rings. The third-order valence-electron chi connectivity index (χ3n) is 4.84. The first kappa shape index (κ1) is 15.7. The van der Waals surface area contributed by atoms with Gasteiger partial charge in [-0.25, -0.2) is 0 Å². The fourth-order valence-electron chi connectivity index (χ4n) is 3.42. The van der Waals surface area contributed by atoms with Crippen molar-refractivity contribution in [1.29, 1.82) is 0 Å². The largest absolute Gasteiger partial charge is 0.341 e. The van der Waals surface area contributed by atoms with Crippen LogP contribution in [-0.4, -0.2) is 35.4 Å². The number of benzene rings is 1.